The molecule has 0 N–H and O–H groups in total. The molecule has 3 aromatic rings. The fourth-order valence-electron chi connectivity index (χ4n) is 1.91. The third-order valence-corrected chi connectivity index (χ3v) is 3.87. The minimum Gasteiger partial charge on any atom is -0.493 e. The minimum absolute atomic E-state index is 0.636. The van der Waals surface area contributed by atoms with Crippen LogP contribution in [0.25, 0.3) is 11.4 Å². The first-order valence-electron chi connectivity index (χ1n) is 7.05. The lowest BCUT2D eigenvalue weighted by molar-refractivity contribution is 0.343. The lowest BCUT2D eigenvalue weighted by Gasteiger charge is -2.04. The number of ether oxygens (including phenoxy) is 1. The van der Waals surface area contributed by atoms with E-state index in [0.29, 0.717) is 24.1 Å². The molecule has 0 spiro atoms. The van der Waals surface area contributed by atoms with Crippen molar-refractivity contribution in [3.05, 3.63) is 66.6 Å². The molecule has 0 aliphatic heterocycles. The lowest BCUT2D eigenvalue weighted by Crippen LogP contribution is -2.00. The second kappa shape index (κ2) is 7.66. The van der Waals surface area contributed by atoms with Crippen LogP contribution in [0, 0.1) is 0 Å². The van der Waals surface area contributed by atoms with E-state index in [1.807, 2.05) is 60.7 Å². The van der Waals surface area contributed by atoms with Gasteiger partial charge in [0.1, 0.15) is 5.75 Å². The number of para-hydroxylation sites is 1. The molecule has 0 saturated carbocycles. The van der Waals surface area contributed by atoms with Crippen LogP contribution in [0.3, 0.4) is 0 Å². The van der Waals surface area contributed by atoms with Crippen LogP contribution in [0.4, 0.5) is 0 Å². The average Bonchev–Trinajstić information content (AvgIpc) is 3.05. The van der Waals surface area contributed by atoms with Crippen molar-refractivity contribution >= 4 is 11.8 Å². The van der Waals surface area contributed by atoms with Crippen molar-refractivity contribution in [3.63, 3.8) is 0 Å². The maximum absolute atomic E-state index is 5.63. The van der Waals surface area contributed by atoms with Crippen molar-refractivity contribution < 1.29 is 9.26 Å². The Labute approximate surface area is 133 Å². The highest BCUT2D eigenvalue weighted by Crippen LogP contribution is 2.17. The van der Waals surface area contributed by atoms with Crippen LogP contribution in [0.2, 0.25) is 0 Å². The standard InChI is InChI=1S/C17H16N2O2S/c1-3-7-14(8-4-1)17-18-16(21-19-17)13-22-12-11-20-15-9-5-2-6-10-15/h1-10H,11-13H2. The summed E-state index contributed by atoms with van der Waals surface area (Å²) in [6, 6.07) is 19.6. The Morgan fingerprint density at radius 1 is 0.955 bits per heavy atom. The molecule has 0 saturated heterocycles. The van der Waals surface area contributed by atoms with E-state index in [9.17, 15) is 0 Å². The van der Waals surface area contributed by atoms with Crippen LogP contribution in [0.1, 0.15) is 5.89 Å². The van der Waals surface area contributed by atoms with E-state index in [1.165, 1.54) is 0 Å². The van der Waals surface area contributed by atoms with E-state index in [1.54, 1.807) is 11.8 Å². The van der Waals surface area contributed by atoms with Gasteiger partial charge in [-0.15, -0.1) is 11.8 Å². The summed E-state index contributed by atoms with van der Waals surface area (Å²) in [5.41, 5.74) is 0.968. The first-order valence-corrected chi connectivity index (χ1v) is 8.21. The van der Waals surface area contributed by atoms with E-state index in [0.717, 1.165) is 17.1 Å². The third kappa shape index (κ3) is 4.11. The maximum atomic E-state index is 5.63. The number of aromatic nitrogens is 2. The Morgan fingerprint density at radius 2 is 1.68 bits per heavy atom. The summed E-state index contributed by atoms with van der Waals surface area (Å²) in [5.74, 6) is 3.74. The van der Waals surface area contributed by atoms with Crippen LogP contribution in [-0.2, 0) is 5.75 Å². The van der Waals surface area contributed by atoms with Crippen LogP contribution < -0.4 is 4.74 Å². The molecule has 112 valence electrons. The zero-order valence-corrected chi connectivity index (χ0v) is 12.8. The lowest BCUT2D eigenvalue weighted by atomic mass is 10.2. The monoisotopic (exact) mass is 312 g/mol. The second-order valence-electron chi connectivity index (χ2n) is 4.59. The van der Waals surface area contributed by atoms with Gasteiger partial charge >= 0.3 is 0 Å². The van der Waals surface area contributed by atoms with Gasteiger partial charge < -0.3 is 9.26 Å². The third-order valence-electron chi connectivity index (χ3n) is 2.97. The van der Waals surface area contributed by atoms with Gasteiger partial charge in [0.2, 0.25) is 11.7 Å². The molecular weight excluding hydrogens is 296 g/mol. The van der Waals surface area contributed by atoms with Gasteiger partial charge in [-0.2, -0.15) is 4.98 Å². The fraction of sp³-hybridized carbons (Fsp3) is 0.176. The topological polar surface area (TPSA) is 48.2 Å². The number of thioether (sulfide) groups is 1. The van der Waals surface area contributed by atoms with Gasteiger partial charge in [0.25, 0.3) is 0 Å². The molecule has 0 unspecified atom stereocenters. The Kier molecular flexibility index (Phi) is 5.10. The molecule has 4 nitrogen and oxygen atoms in total. The Bertz CT molecular complexity index is 686. The van der Waals surface area contributed by atoms with E-state index in [-0.39, 0.29) is 0 Å². The van der Waals surface area contributed by atoms with Gasteiger partial charge in [-0.05, 0) is 12.1 Å². The van der Waals surface area contributed by atoms with Crippen LogP contribution in [-0.4, -0.2) is 22.5 Å². The highest BCUT2D eigenvalue weighted by molar-refractivity contribution is 7.98. The van der Waals surface area contributed by atoms with Crippen molar-refractivity contribution in [2.45, 2.75) is 5.75 Å². The second-order valence-corrected chi connectivity index (χ2v) is 5.70. The van der Waals surface area contributed by atoms with Gasteiger partial charge in [0.05, 0.1) is 12.4 Å². The molecule has 0 radical (unpaired) electrons. The maximum Gasteiger partial charge on any atom is 0.236 e. The average molecular weight is 312 g/mol. The minimum atomic E-state index is 0.636. The molecule has 3 rings (SSSR count). The summed E-state index contributed by atoms with van der Waals surface area (Å²) in [6.07, 6.45) is 0. The van der Waals surface area contributed by atoms with Crippen LogP contribution >= 0.6 is 11.8 Å². The number of rotatable bonds is 7. The van der Waals surface area contributed by atoms with E-state index < -0.39 is 0 Å². The summed E-state index contributed by atoms with van der Waals surface area (Å²) in [5, 5.41) is 4.00. The molecular formula is C17H16N2O2S. The smallest absolute Gasteiger partial charge is 0.236 e. The van der Waals surface area contributed by atoms with E-state index in [4.69, 9.17) is 9.26 Å². The van der Waals surface area contributed by atoms with E-state index in [2.05, 4.69) is 10.1 Å². The quantitative estimate of drug-likeness (QED) is 0.616. The van der Waals surface area contributed by atoms with Gasteiger partial charge in [-0.25, -0.2) is 0 Å². The first-order chi connectivity index (χ1) is 10.9. The van der Waals surface area contributed by atoms with Crippen molar-refractivity contribution in [2.24, 2.45) is 0 Å². The zero-order valence-electron chi connectivity index (χ0n) is 12.0. The highest BCUT2D eigenvalue weighted by atomic mass is 32.2. The molecule has 0 bridgehead atoms. The Hall–Kier alpha value is -2.27. The molecule has 1 aromatic heterocycles. The Balaban J connectivity index is 1.42. The summed E-state index contributed by atoms with van der Waals surface area (Å²) in [7, 11) is 0. The summed E-state index contributed by atoms with van der Waals surface area (Å²) < 4.78 is 10.9. The molecule has 22 heavy (non-hydrogen) atoms. The molecule has 0 aliphatic carbocycles. The predicted octanol–water partition coefficient (Wildman–Crippen LogP) is 4.05. The largest absolute Gasteiger partial charge is 0.493 e. The van der Waals surface area contributed by atoms with Gasteiger partial charge in [0, 0.05) is 11.3 Å². The number of nitrogens with zero attached hydrogens (tertiary/aromatic N) is 2. The highest BCUT2D eigenvalue weighted by Gasteiger charge is 2.07. The number of benzene rings is 2. The molecule has 5 heteroatoms. The molecule has 0 fully saturated rings. The van der Waals surface area contributed by atoms with Crippen molar-refractivity contribution in [1.82, 2.24) is 10.1 Å². The molecule has 0 aliphatic rings. The van der Waals surface area contributed by atoms with Gasteiger partial charge in [-0.1, -0.05) is 53.7 Å². The normalized spacial score (nSPS) is 10.5. The molecule has 1 heterocycles. The van der Waals surface area contributed by atoms with Gasteiger partial charge in [0.15, 0.2) is 0 Å². The summed E-state index contributed by atoms with van der Waals surface area (Å²) >= 11 is 1.71. The zero-order chi connectivity index (χ0) is 15.0. The predicted molar refractivity (Wildman–Crippen MR) is 87.8 cm³/mol. The Morgan fingerprint density at radius 3 is 2.45 bits per heavy atom. The van der Waals surface area contributed by atoms with Crippen LogP contribution in [0.15, 0.2) is 65.2 Å². The van der Waals surface area contributed by atoms with Crippen LogP contribution in [0.5, 0.6) is 5.75 Å². The van der Waals surface area contributed by atoms with Gasteiger partial charge in [-0.3, -0.25) is 0 Å². The number of hydrogen-bond acceptors (Lipinski definition) is 5. The summed E-state index contributed by atoms with van der Waals surface area (Å²) in [6.45, 7) is 0.661. The van der Waals surface area contributed by atoms with E-state index >= 15 is 0 Å². The summed E-state index contributed by atoms with van der Waals surface area (Å²) in [4.78, 5) is 4.40. The molecule has 2 aromatic carbocycles. The number of hydrogen-bond donors (Lipinski definition) is 0. The molecule has 0 atom stereocenters. The van der Waals surface area contributed by atoms with Crippen molar-refractivity contribution in [1.29, 1.82) is 0 Å². The van der Waals surface area contributed by atoms with Crippen molar-refractivity contribution in [2.75, 3.05) is 12.4 Å². The first kappa shape index (κ1) is 14.7. The van der Waals surface area contributed by atoms with Crippen molar-refractivity contribution in [3.8, 4) is 17.1 Å². The molecule has 0 amide bonds. The fourth-order valence-corrected chi connectivity index (χ4v) is 2.55. The SMILES string of the molecule is c1ccc(OCCSCc2nc(-c3ccccc3)no2)cc1.